The molecular formula is C17H18FN3O. The lowest BCUT2D eigenvalue weighted by molar-refractivity contribution is 0.0747. The Labute approximate surface area is 128 Å². The van der Waals surface area contributed by atoms with E-state index < -0.39 is 5.82 Å². The van der Waals surface area contributed by atoms with Gasteiger partial charge in [0.25, 0.3) is 5.91 Å². The predicted octanol–water partition coefficient (Wildman–Crippen LogP) is 2.37. The molecular weight excluding hydrogens is 281 g/mol. The zero-order valence-electron chi connectivity index (χ0n) is 12.2. The van der Waals surface area contributed by atoms with Crippen molar-refractivity contribution in [3.63, 3.8) is 0 Å². The minimum Gasteiger partial charge on any atom is -0.396 e. The van der Waals surface area contributed by atoms with Crippen LogP contribution < -0.4 is 10.6 Å². The highest BCUT2D eigenvalue weighted by Crippen LogP contribution is 2.20. The maximum Gasteiger partial charge on any atom is 0.256 e. The van der Waals surface area contributed by atoms with Gasteiger partial charge in [-0.3, -0.25) is 4.79 Å². The van der Waals surface area contributed by atoms with Crippen molar-refractivity contribution in [3.8, 4) is 0 Å². The van der Waals surface area contributed by atoms with Crippen LogP contribution in [0.15, 0.2) is 48.5 Å². The Kier molecular flexibility index (Phi) is 3.96. The van der Waals surface area contributed by atoms with Crippen molar-refractivity contribution in [2.45, 2.75) is 0 Å². The van der Waals surface area contributed by atoms with Crippen LogP contribution in [-0.4, -0.2) is 37.0 Å². The third kappa shape index (κ3) is 2.74. The Hall–Kier alpha value is -2.56. The largest absolute Gasteiger partial charge is 0.396 e. The van der Waals surface area contributed by atoms with Crippen molar-refractivity contribution in [1.82, 2.24) is 4.90 Å². The molecule has 0 unspecified atom stereocenters. The van der Waals surface area contributed by atoms with Gasteiger partial charge in [0.15, 0.2) is 0 Å². The molecule has 1 heterocycles. The summed E-state index contributed by atoms with van der Waals surface area (Å²) in [6.07, 6.45) is 0. The van der Waals surface area contributed by atoms with E-state index in [-0.39, 0.29) is 17.2 Å². The van der Waals surface area contributed by atoms with Gasteiger partial charge in [0, 0.05) is 31.9 Å². The quantitative estimate of drug-likeness (QED) is 0.866. The van der Waals surface area contributed by atoms with Gasteiger partial charge >= 0.3 is 0 Å². The predicted molar refractivity (Wildman–Crippen MR) is 85.4 cm³/mol. The van der Waals surface area contributed by atoms with Crippen LogP contribution in [0.1, 0.15) is 10.4 Å². The second-order valence-electron chi connectivity index (χ2n) is 5.32. The topological polar surface area (TPSA) is 49.6 Å². The molecule has 2 N–H and O–H groups in total. The number of carbonyl (C=O) groups is 1. The van der Waals surface area contributed by atoms with E-state index in [0.717, 1.165) is 18.8 Å². The van der Waals surface area contributed by atoms with Crippen LogP contribution in [0.25, 0.3) is 0 Å². The smallest absolute Gasteiger partial charge is 0.256 e. The van der Waals surface area contributed by atoms with Gasteiger partial charge in [-0.1, -0.05) is 24.3 Å². The Morgan fingerprint density at radius 3 is 2.32 bits per heavy atom. The van der Waals surface area contributed by atoms with Crippen LogP contribution >= 0.6 is 0 Å². The number of para-hydroxylation sites is 2. The monoisotopic (exact) mass is 299 g/mol. The van der Waals surface area contributed by atoms with E-state index >= 15 is 0 Å². The molecule has 5 heteroatoms. The van der Waals surface area contributed by atoms with Crippen molar-refractivity contribution < 1.29 is 9.18 Å². The molecule has 2 aromatic carbocycles. The van der Waals surface area contributed by atoms with E-state index in [9.17, 15) is 9.18 Å². The Balaban J connectivity index is 1.69. The number of rotatable bonds is 2. The van der Waals surface area contributed by atoms with Gasteiger partial charge in [-0.25, -0.2) is 4.39 Å². The lowest BCUT2D eigenvalue weighted by Gasteiger charge is -2.36. The minimum atomic E-state index is -0.547. The highest BCUT2D eigenvalue weighted by atomic mass is 19.1. The number of hydrogen-bond donors (Lipinski definition) is 1. The second kappa shape index (κ2) is 6.05. The van der Waals surface area contributed by atoms with E-state index in [4.69, 9.17) is 5.73 Å². The summed E-state index contributed by atoms with van der Waals surface area (Å²) in [5.74, 6) is -0.751. The fourth-order valence-electron chi connectivity index (χ4n) is 2.70. The number of benzene rings is 2. The normalized spacial score (nSPS) is 15.0. The molecule has 1 aliphatic rings. The Morgan fingerprint density at radius 2 is 1.64 bits per heavy atom. The Bertz CT molecular complexity index is 667. The SMILES string of the molecule is Nc1c(F)cccc1C(=O)N1CCN(c2ccccc2)CC1. The number of anilines is 2. The molecule has 0 radical (unpaired) electrons. The van der Waals surface area contributed by atoms with Gasteiger partial charge in [0.05, 0.1) is 11.3 Å². The van der Waals surface area contributed by atoms with E-state index in [0.29, 0.717) is 13.1 Å². The number of nitrogens with zero attached hydrogens (tertiary/aromatic N) is 2. The number of nitrogen functional groups attached to an aromatic ring is 1. The summed E-state index contributed by atoms with van der Waals surface area (Å²) >= 11 is 0. The molecule has 0 atom stereocenters. The molecule has 1 fully saturated rings. The zero-order valence-corrected chi connectivity index (χ0v) is 12.2. The highest BCUT2D eigenvalue weighted by molar-refractivity contribution is 5.99. The van der Waals surface area contributed by atoms with Crippen LogP contribution in [0.5, 0.6) is 0 Å². The molecule has 3 rings (SSSR count). The molecule has 1 amide bonds. The summed E-state index contributed by atoms with van der Waals surface area (Å²) in [6.45, 7) is 2.71. The number of amides is 1. The van der Waals surface area contributed by atoms with Crippen LogP contribution in [0.4, 0.5) is 15.8 Å². The summed E-state index contributed by atoms with van der Waals surface area (Å²) in [5, 5.41) is 0. The van der Waals surface area contributed by atoms with Crippen LogP contribution in [0, 0.1) is 5.82 Å². The molecule has 22 heavy (non-hydrogen) atoms. The highest BCUT2D eigenvalue weighted by Gasteiger charge is 2.24. The van der Waals surface area contributed by atoms with Gasteiger partial charge in [-0.2, -0.15) is 0 Å². The van der Waals surface area contributed by atoms with Crippen molar-refractivity contribution in [2.75, 3.05) is 36.8 Å². The molecule has 1 saturated heterocycles. The number of nitrogens with two attached hydrogens (primary N) is 1. The van der Waals surface area contributed by atoms with Gasteiger partial charge < -0.3 is 15.5 Å². The molecule has 2 aromatic rings. The molecule has 0 spiro atoms. The lowest BCUT2D eigenvalue weighted by Crippen LogP contribution is -2.48. The molecule has 1 aliphatic heterocycles. The third-order valence-corrected chi connectivity index (χ3v) is 3.97. The van der Waals surface area contributed by atoms with Crippen molar-refractivity contribution >= 4 is 17.3 Å². The number of halogens is 1. The first kappa shape index (κ1) is 14.4. The minimum absolute atomic E-state index is 0.0713. The van der Waals surface area contributed by atoms with E-state index in [1.54, 1.807) is 11.0 Å². The fraction of sp³-hybridized carbons (Fsp3) is 0.235. The first-order valence-electron chi connectivity index (χ1n) is 7.30. The number of carbonyl (C=O) groups excluding carboxylic acids is 1. The molecule has 0 aromatic heterocycles. The maximum atomic E-state index is 13.5. The first-order chi connectivity index (χ1) is 10.7. The summed E-state index contributed by atoms with van der Waals surface area (Å²) < 4.78 is 13.5. The first-order valence-corrected chi connectivity index (χ1v) is 7.30. The van der Waals surface area contributed by atoms with E-state index in [1.807, 2.05) is 18.2 Å². The van der Waals surface area contributed by atoms with E-state index in [1.165, 1.54) is 12.1 Å². The van der Waals surface area contributed by atoms with Crippen LogP contribution in [-0.2, 0) is 0 Å². The van der Waals surface area contributed by atoms with Gasteiger partial charge in [-0.15, -0.1) is 0 Å². The summed E-state index contributed by atoms with van der Waals surface area (Å²) in [7, 11) is 0. The zero-order chi connectivity index (χ0) is 15.5. The standard InChI is InChI=1S/C17H18FN3O/c18-15-8-4-7-14(16(15)19)17(22)21-11-9-20(10-12-21)13-5-2-1-3-6-13/h1-8H,9-12,19H2. The molecule has 0 bridgehead atoms. The van der Waals surface area contributed by atoms with Crippen molar-refractivity contribution in [1.29, 1.82) is 0 Å². The van der Waals surface area contributed by atoms with Gasteiger partial charge in [-0.05, 0) is 24.3 Å². The van der Waals surface area contributed by atoms with Gasteiger partial charge in [0.2, 0.25) is 0 Å². The van der Waals surface area contributed by atoms with Crippen LogP contribution in [0.2, 0.25) is 0 Å². The lowest BCUT2D eigenvalue weighted by atomic mass is 10.1. The van der Waals surface area contributed by atoms with E-state index in [2.05, 4.69) is 17.0 Å². The van der Waals surface area contributed by atoms with Crippen molar-refractivity contribution in [2.24, 2.45) is 0 Å². The average molecular weight is 299 g/mol. The van der Waals surface area contributed by atoms with Crippen LogP contribution in [0.3, 0.4) is 0 Å². The molecule has 4 nitrogen and oxygen atoms in total. The Morgan fingerprint density at radius 1 is 0.955 bits per heavy atom. The molecule has 0 aliphatic carbocycles. The molecule has 0 saturated carbocycles. The fourth-order valence-corrected chi connectivity index (χ4v) is 2.70. The number of hydrogen-bond acceptors (Lipinski definition) is 3. The maximum absolute atomic E-state index is 13.5. The second-order valence-corrected chi connectivity index (χ2v) is 5.32. The van der Waals surface area contributed by atoms with Crippen molar-refractivity contribution in [3.05, 3.63) is 59.9 Å². The van der Waals surface area contributed by atoms with Gasteiger partial charge in [0.1, 0.15) is 5.82 Å². The third-order valence-electron chi connectivity index (χ3n) is 3.97. The summed E-state index contributed by atoms with van der Waals surface area (Å²) in [4.78, 5) is 16.4. The average Bonchev–Trinajstić information content (AvgIpc) is 2.58. The number of piperazine rings is 1. The summed E-state index contributed by atoms with van der Waals surface area (Å²) in [5.41, 5.74) is 7.00. The molecule has 114 valence electrons. The summed E-state index contributed by atoms with van der Waals surface area (Å²) in [6, 6.07) is 14.4.